The van der Waals surface area contributed by atoms with E-state index in [4.69, 9.17) is 4.98 Å². The van der Waals surface area contributed by atoms with Crippen LogP contribution in [0.25, 0.3) is 11.3 Å². The minimum absolute atomic E-state index is 0.900. The highest BCUT2D eigenvalue weighted by molar-refractivity contribution is 9.10. The lowest BCUT2D eigenvalue weighted by Crippen LogP contribution is -2.08. The summed E-state index contributed by atoms with van der Waals surface area (Å²) < 4.78 is 0.947. The first kappa shape index (κ1) is 16.0. The van der Waals surface area contributed by atoms with Crippen molar-refractivity contribution in [2.45, 2.75) is 39.5 Å². The van der Waals surface area contributed by atoms with Gasteiger partial charge in [-0.15, -0.1) is 0 Å². The maximum atomic E-state index is 4.75. The topological polar surface area (TPSA) is 37.8 Å². The molecule has 0 spiro atoms. The Morgan fingerprint density at radius 1 is 1.05 bits per heavy atom. The summed E-state index contributed by atoms with van der Waals surface area (Å²) in [5, 5.41) is 3.39. The highest BCUT2D eigenvalue weighted by Gasteiger charge is 2.13. The van der Waals surface area contributed by atoms with E-state index in [9.17, 15) is 0 Å². The summed E-state index contributed by atoms with van der Waals surface area (Å²) in [5.41, 5.74) is 2.08. The molecule has 3 nitrogen and oxygen atoms in total. The lowest BCUT2D eigenvalue weighted by molar-refractivity contribution is 0.752. The smallest absolute Gasteiger partial charge is 0.144 e. The van der Waals surface area contributed by atoms with Gasteiger partial charge in [0.15, 0.2) is 0 Å². The number of halogens is 1. The predicted molar refractivity (Wildman–Crippen MR) is 92.6 cm³/mol. The van der Waals surface area contributed by atoms with Crippen molar-refractivity contribution in [1.29, 1.82) is 0 Å². The van der Waals surface area contributed by atoms with Crippen molar-refractivity contribution in [2.75, 3.05) is 11.9 Å². The molecule has 2 aromatic rings. The van der Waals surface area contributed by atoms with Gasteiger partial charge in [0.2, 0.25) is 0 Å². The van der Waals surface area contributed by atoms with Crippen molar-refractivity contribution < 1.29 is 0 Å². The fraction of sp³-hybridized carbons (Fsp3) is 0.412. The standard InChI is InChI=1S/C17H22BrN3/c1-3-5-11-14-20-16(13-9-7-6-8-10-13)15(18)17(21-14)19-12-4-2/h6-10H,3-5,11-12H2,1-2H3,(H,19,20,21). The van der Waals surface area contributed by atoms with Crippen LogP contribution in [0, 0.1) is 0 Å². The van der Waals surface area contributed by atoms with Crippen molar-refractivity contribution in [2.24, 2.45) is 0 Å². The Kier molecular flexibility index (Phi) is 6.18. The maximum absolute atomic E-state index is 4.75. The second-order valence-electron chi connectivity index (χ2n) is 5.05. The molecular formula is C17H22BrN3. The molecule has 2 rings (SSSR count). The van der Waals surface area contributed by atoms with Gasteiger partial charge in [-0.25, -0.2) is 9.97 Å². The van der Waals surface area contributed by atoms with Crippen molar-refractivity contribution in [3.63, 3.8) is 0 Å². The van der Waals surface area contributed by atoms with Crippen LogP contribution in [0.3, 0.4) is 0 Å². The van der Waals surface area contributed by atoms with Gasteiger partial charge in [0.25, 0.3) is 0 Å². The molecule has 21 heavy (non-hydrogen) atoms. The number of unbranched alkanes of at least 4 members (excludes halogenated alkanes) is 1. The van der Waals surface area contributed by atoms with Crippen LogP contribution in [0.2, 0.25) is 0 Å². The highest BCUT2D eigenvalue weighted by Crippen LogP contribution is 2.31. The Morgan fingerprint density at radius 2 is 1.81 bits per heavy atom. The van der Waals surface area contributed by atoms with E-state index < -0.39 is 0 Å². The normalized spacial score (nSPS) is 10.6. The lowest BCUT2D eigenvalue weighted by atomic mass is 10.1. The third-order valence-corrected chi connectivity index (χ3v) is 3.99. The van der Waals surface area contributed by atoms with E-state index in [-0.39, 0.29) is 0 Å². The number of rotatable bonds is 7. The van der Waals surface area contributed by atoms with Gasteiger partial charge in [0.05, 0.1) is 10.2 Å². The maximum Gasteiger partial charge on any atom is 0.144 e. The molecule has 1 aromatic carbocycles. The summed E-state index contributed by atoms with van der Waals surface area (Å²) in [6.07, 6.45) is 4.26. The molecule has 0 aliphatic rings. The van der Waals surface area contributed by atoms with E-state index in [2.05, 4.69) is 52.2 Å². The van der Waals surface area contributed by atoms with E-state index in [0.717, 1.165) is 59.6 Å². The van der Waals surface area contributed by atoms with Gasteiger partial charge in [0, 0.05) is 18.5 Å². The van der Waals surface area contributed by atoms with Crippen LogP contribution in [-0.4, -0.2) is 16.5 Å². The summed E-state index contributed by atoms with van der Waals surface area (Å²) in [6.45, 7) is 5.25. The number of hydrogen-bond donors (Lipinski definition) is 1. The fourth-order valence-corrected chi connectivity index (χ4v) is 2.63. The van der Waals surface area contributed by atoms with E-state index in [1.54, 1.807) is 0 Å². The van der Waals surface area contributed by atoms with Gasteiger partial charge in [-0.1, -0.05) is 50.6 Å². The zero-order valence-corrected chi connectivity index (χ0v) is 14.3. The molecule has 0 fully saturated rings. The molecule has 0 amide bonds. The van der Waals surface area contributed by atoms with E-state index in [0.29, 0.717) is 0 Å². The van der Waals surface area contributed by atoms with Gasteiger partial charge in [-0.2, -0.15) is 0 Å². The Balaban J connectivity index is 2.41. The largest absolute Gasteiger partial charge is 0.369 e. The molecule has 1 N–H and O–H groups in total. The van der Waals surface area contributed by atoms with Gasteiger partial charge in [0.1, 0.15) is 11.6 Å². The van der Waals surface area contributed by atoms with Crippen LogP contribution in [0.4, 0.5) is 5.82 Å². The molecule has 4 heteroatoms. The summed E-state index contributed by atoms with van der Waals surface area (Å²) in [7, 11) is 0. The van der Waals surface area contributed by atoms with Crippen LogP contribution in [-0.2, 0) is 6.42 Å². The van der Waals surface area contributed by atoms with Gasteiger partial charge < -0.3 is 5.32 Å². The Morgan fingerprint density at radius 3 is 2.48 bits per heavy atom. The summed E-state index contributed by atoms with van der Waals surface area (Å²) >= 11 is 3.66. The van der Waals surface area contributed by atoms with Crippen molar-refractivity contribution in [1.82, 2.24) is 9.97 Å². The van der Waals surface area contributed by atoms with Gasteiger partial charge in [-0.3, -0.25) is 0 Å². The molecule has 0 saturated carbocycles. The average molecular weight is 348 g/mol. The molecule has 0 saturated heterocycles. The highest BCUT2D eigenvalue weighted by atomic mass is 79.9. The lowest BCUT2D eigenvalue weighted by Gasteiger charge is -2.13. The zero-order valence-electron chi connectivity index (χ0n) is 12.7. The average Bonchev–Trinajstić information content (AvgIpc) is 2.53. The van der Waals surface area contributed by atoms with Gasteiger partial charge >= 0.3 is 0 Å². The number of benzene rings is 1. The second-order valence-corrected chi connectivity index (χ2v) is 5.84. The molecule has 0 aliphatic heterocycles. The quantitative estimate of drug-likeness (QED) is 0.759. The number of aryl methyl sites for hydroxylation is 1. The van der Waals surface area contributed by atoms with Gasteiger partial charge in [-0.05, 0) is 28.8 Å². The Hall–Kier alpha value is -1.42. The van der Waals surface area contributed by atoms with Crippen molar-refractivity contribution >= 4 is 21.7 Å². The second kappa shape index (κ2) is 8.13. The van der Waals surface area contributed by atoms with Crippen LogP contribution in [0.15, 0.2) is 34.8 Å². The minimum Gasteiger partial charge on any atom is -0.369 e. The summed E-state index contributed by atoms with van der Waals surface area (Å²) in [6, 6.07) is 10.3. The zero-order chi connectivity index (χ0) is 15.1. The number of anilines is 1. The Labute approximate surface area is 135 Å². The van der Waals surface area contributed by atoms with Crippen LogP contribution >= 0.6 is 15.9 Å². The molecule has 112 valence electrons. The van der Waals surface area contributed by atoms with Crippen LogP contribution in [0.1, 0.15) is 38.9 Å². The van der Waals surface area contributed by atoms with Crippen molar-refractivity contribution in [3.05, 3.63) is 40.6 Å². The minimum atomic E-state index is 0.900. The number of aromatic nitrogens is 2. The molecule has 0 aliphatic carbocycles. The number of hydrogen-bond acceptors (Lipinski definition) is 3. The molecular weight excluding hydrogens is 326 g/mol. The van der Waals surface area contributed by atoms with E-state index in [1.807, 2.05) is 18.2 Å². The first-order valence-corrected chi connectivity index (χ1v) is 8.41. The fourth-order valence-electron chi connectivity index (χ4n) is 2.09. The van der Waals surface area contributed by atoms with E-state index >= 15 is 0 Å². The van der Waals surface area contributed by atoms with E-state index in [1.165, 1.54) is 0 Å². The van der Waals surface area contributed by atoms with Crippen LogP contribution < -0.4 is 5.32 Å². The molecule has 1 heterocycles. The third-order valence-electron chi connectivity index (χ3n) is 3.24. The number of nitrogens with zero attached hydrogens (tertiary/aromatic N) is 2. The molecule has 0 bridgehead atoms. The number of nitrogens with one attached hydrogen (secondary N) is 1. The summed E-state index contributed by atoms with van der Waals surface area (Å²) in [4.78, 5) is 9.42. The first-order valence-electron chi connectivity index (χ1n) is 7.62. The monoisotopic (exact) mass is 347 g/mol. The SMILES string of the molecule is CCCCc1nc(NCCC)c(Br)c(-c2ccccc2)n1. The van der Waals surface area contributed by atoms with Crippen LogP contribution in [0.5, 0.6) is 0 Å². The Bertz CT molecular complexity index is 570. The molecule has 1 aromatic heterocycles. The molecule has 0 radical (unpaired) electrons. The third kappa shape index (κ3) is 4.27. The molecule has 0 atom stereocenters. The predicted octanol–water partition coefficient (Wildman–Crippen LogP) is 5.07. The first-order chi connectivity index (χ1) is 10.3. The van der Waals surface area contributed by atoms with Crippen molar-refractivity contribution in [3.8, 4) is 11.3 Å². The molecule has 0 unspecified atom stereocenters. The summed E-state index contributed by atoms with van der Waals surface area (Å²) in [5.74, 6) is 1.81.